The highest BCUT2D eigenvalue weighted by Gasteiger charge is 2.07. The molecular weight excluding hydrogens is 236 g/mol. The number of hydrogen-bond donors (Lipinski definition) is 2. The highest BCUT2D eigenvalue weighted by molar-refractivity contribution is 5.66. The van der Waals surface area contributed by atoms with Crippen LogP contribution in [-0.2, 0) is 0 Å². The molecular formula is C15H20N4. The Bertz CT molecular complexity index is 552. The molecule has 0 fully saturated rings. The van der Waals surface area contributed by atoms with E-state index in [9.17, 15) is 0 Å². The first-order valence-electron chi connectivity index (χ1n) is 6.60. The average molecular weight is 256 g/mol. The van der Waals surface area contributed by atoms with Gasteiger partial charge in [-0.15, -0.1) is 0 Å². The molecule has 1 aromatic heterocycles. The van der Waals surface area contributed by atoms with Gasteiger partial charge < -0.3 is 10.6 Å². The first kappa shape index (κ1) is 13.3. The lowest BCUT2D eigenvalue weighted by Gasteiger charge is -2.13. The van der Waals surface area contributed by atoms with E-state index < -0.39 is 0 Å². The molecule has 2 rings (SSSR count). The number of hydrogen-bond acceptors (Lipinski definition) is 4. The molecule has 0 aliphatic heterocycles. The fourth-order valence-corrected chi connectivity index (χ4v) is 1.84. The summed E-state index contributed by atoms with van der Waals surface area (Å²) >= 11 is 0. The summed E-state index contributed by atoms with van der Waals surface area (Å²) in [5, 5.41) is 6.68. The van der Waals surface area contributed by atoms with Crippen LogP contribution in [-0.4, -0.2) is 16.5 Å². The molecule has 100 valence electrons. The van der Waals surface area contributed by atoms with Gasteiger partial charge in [0, 0.05) is 17.8 Å². The zero-order chi connectivity index (χ0) is 13.7. The SMILES string of the molecule is CCCNc1ncnc(Nc2ccccc2C)c1C. The van der Waals surface area contributed by atoms with E-state index >= 15 is 0 Å². The van der Waals surface area contributed by atoms with Crippen LogP contribution in [0.5, 0.6) is 0 Å². The van der Waals surface area contributed by atoms with Crippen molar-refractivity contribution in [2.24, 2.45) is 0 Å². The van der Waals surface area contributed by atoms with Gasteiger partial charge in [-0.1, -0.05) is 25.1 Å². The molecule has 1 aromatic carbocycles. The number of anilines is 3. The molecule has 0 aliphatic rings. The van der Waals surface area contributed by atoms with E-state index in [0.717, 1.165) is 35.9 Å². The molecule has 19 heavy (non-hydrogen) atoms. The molecule has 0 spiro atoms. The van der Waals surface area contributed by atoms with Crippen molar-refractivity contribution in [2.75, 3.05) is 17.2 Å². The summed E-state index contributed by atoms with van der Waals surface area (Å²) in [7, 11) is 0. The molecule has 0 saturated carbocycles. The number of aryl methyl sites for hydroxylation is 1. The predicted octanol–water partition coefficient (Wildman–Crippen LogP) is 3.66. The number of aromatic nitrogens is 2. The molecule has 2 aromatic rings. The minimum Gasteiger partial charge on any atom is -0.370 e. The van der Waals surface area contributed by atoms with Gasteiger partial charge in [0.1, 0.15) is 18.0 Å². The smallest absolute Gasteiger partial charge is 0.138 e. The molecule has 4 heteroatoms. The first-order valence-corrected chi connectivity index (χ1v) is 6.60. The molecule has 0 saturated heterocycles. The van der Waals surface area contributed by atoms with Crippen molar-refractivity contribution < 1.29 is 0 Å². The van der Waals surface area contributed by atoms with E-state index in [0.29, 0.717) is 0 Å². The Morgan fingerprint density at radius 3 is 2.53 bits per heavy atom. The second-order valence-electron chi connectivity index (χ2n) is 4.56. The predicted molar refractivity (Wildman–Crippen MR) is 80.0 cm³/mol. The van der Waals surface area contributed by atoms with E-state index in [1.54, 1.807) is 6.33 Å². The number of benzene rings is 1. The van der Waals surface area contributed by atoms with Crippen LogP contribution >= 0.6 is 0 Å². The van der Waals surface area contributed by atoms with Crippen LogP contribution in [0.3, 0.4) is 0 Å². The second kappa shape index (κ2) is 6.18. The van der Waals surface area contributed by atoms with Gasteiger partial charge in [0.15, 0.2) is 0 Å². The minimum absolute atomic E-state index is 0.850. The van der Waals surface area contributed by atoms with E-state index in [4.69, 9.17) is 0 Å². The van der Waals surface area contributed by atoms with Gasteiger partial charge in [-0.3, -0.25) is 0 Å². The van der Waals surface area contributed by atoms with Gasteiger partial charge in [0.25, 0.3) is 0 Å². The van der Waals surface area contributed by atoms with Crippen molar-refractivity contribution in [1.82, 2.24) is 9.97 Å². The highest BCUT2D eigenvalue weighted by Crippen LogP contribution is 2.24. The third-order valence-electron chi connectivity index (χ3n) is 3.02. The second-order valence-corrected chi connectivity index (χ2v) is 4.56. The van der Waals surface area contributed by atoms with Crippen LogP contribution in [0, 0.1) is 13.8 Å². The summed E-state index contributed by atoms with van der Waals surface area (Å²) in [6.07, 6.45) is 2.66. The lowest BCUT2D eigenvalue weighted by molar-refractivity contribution is 0.960. The summed E-state index contributed by atoms with van der Waals surface area (Å²) in [4.78, 5) is 8.60. The van der Waals surface area contributed by atoms with Gasteiger partial charge >= 0.3 is 0 Å². The van der Waals surface area contributed by atoms with E-state index in [-0.39, 0.29) is 0 Å². The molecule has 0 bridgehead atoms. The number of nitrogens with one attached hydrogen (secondary N) is 2. The first-order chi connectivity index (χ1) is 9.22. The van der Waals surface area contributed by atoms with Crippen LogP contribution in [0.2, 0.25) is 0 Å². The maximum atomic E-state index is 4.32. The molecule has 4 nitrogen and oxygen atoms in total. The Labute approximate surface area is 114 Å². The normalized spacial score (nSPS) is 10.3. The molecule has 0 atom stereocenters. The molecule has 0 unspecified atom stereocenters. The Balaban J connectivity index is 2.23. The summed E-state index contributed by atoms with van der Waals surface area (Å²) in [6.45, 7) is 7.16. The summed E-state index contributed by atoms with van der Waals surface area (Å²) in [5.74, 6) is 1.75. The monoisotopic (exact) mass is 256 g/mol. The fourth-order valence-electron chi connectivity index (χ4n) is 1.84. The Morgan fingerprint density at radius 1 is 1.05 bits per heavy atom. The molecule has 1 heterocycles. The average Bonchev–Trinajstić information content (AvgIpc) is 2.42. The van der Waals surface area contributed by atoms with Crippen LogP contribution < -0.4 is 10.6 Å². The zero-order valence-corrected chi connectivity index (χ0v) is 11.7. The van der Waals surface area contributed by atoms with E-state index in [1.165, 1.54) is 5.56 Å². The minimum atomic E-state index is 0.850. The van der Waals surface area contributed by atoms with Crippen LogP contribution in [0.25, 0.3) is 0 Å². The number of nitrogens with zero attached hydrogens (tertiary/aromatic N) is 2. The van der Waals surface area contributed by atoms with Crippen molar-refractivity contribution >= 4 is 17.3 Å². The van der Waals surface area contributed by atoms with Gasteiger partial charge in [0.2, 0.25) is 0 Å². The molecule has 0 aliphatic carbocycles. The van der Waals surface area contributed by atoms with Gasteiger partial charge in [-0.2, -0.15) is 0 Å². The maximum absolute atomic E-state index is 4.32. The summed E-state index contributed by atoms with van der Waals surface area (Å²) in [5.41, 5.74) is 3.31. The van der Waals surface area contributed by atoms with Crippen LogP contribution in [0.1, 0.15) is 24.5 Å². The van der Waals surface area contributed by atoms with Crippen molar-refractivity contribution in [1.29, 1.82) is 0 Å². The Morgan fingerprint density at radius 2 is 1.79 bits per heavy atom. The van der Waals surface area contributed by atoms with Crippen LogP contribution in [0.4, 0.5) is 17.3 Å². The number of rotatable bonds is 5. The van der Waals surface area contributed by atoms with Crippen molar-refractivity contribution in [3.05, 3.63) is 41.7 Å². The molecule has 0 amide bonds. The quantitative estimate of drug-likeness (QED) is 0.857. The van der Waals surface area contributed by atoms with Crippen LogP contribution in [0.15, 0.2) is 30.6 Å². The molecule has 0 radical (unpaired) electrons. The Kier molecular flexibility index (Phi) is 4.34. The van der Waals surface area contributed by atoms with Crippen molar-refractivity contribution in [2.45, 2.75) is 27.2 Å². The lowest BCUT2D eigenvalue weighted by Crippen LogP contribution is -2.07. The van der Waals surface area contributed by atoms with E-state index in [2.05, 4.69) is 46.6 Å². The molecule has 2 N–H and O–H groups in total. The van der Waals surface area contributed by atoms with Crippen molar-refractivity contribution in [3.63, 3.8) is 0 Å². The lowest BCUT2D eigenvalue weighted by atomic mass is 10.2. The summed E-state index contributed by atoms with van der Waals surface area (Å²) in [6, 6.07) is 8.18. The third-order valence-corrected chi connectivity index (χ3v) is 3.02. The Hall–Kier alpha value is -2.10. The topological polar surface area (TPSA) is 49.8 Å². The number of para-hydroxylation sites is 1. The van der Waals surface area contributed by atoms with Gasteiger partial charge in [-0.25, -0.2) is 9.97 Å². The van der Waals surface area contributed by atoms with Gasteiger partial charge in [0.05, 0.1) is 0 Å². The van der Waals surface area contributed by atoms with Crippen molar-refractivity contribution in [3.8, 4) is 0 Å². The van der Waals surface area contributed by atoms with E-state index in [1.807, 2.05) is 19.1 Å². The van der Waals surface area contributed by atoms with Gasteiger partial charge in [-0.05, 0) is 31.9 Å². The highest BCUT2D eigenvalue weighted by atomic mass is 15.1. The largest absolute Gasteiger partial charge is 0.370 e. The third kappa shape index (κ3) is 3.22. The standard InChI is InChI=1S/C15H20N4/c1-4-9-16-14-12(3)15(18-10-17-14)19-13-8-6-5-7-11(13)2/h5-8,10H,4,9H2,1-3H3,(H2,16,17,18,19). The summed E-state index contributed by atoms with van der Waals surface area (Å²) < 4.78 is 0. The maximum Gasteiger partial charge on any atom is 0.138 e. The zero-order valence-electron chi connectivity index (χ0n) is 11.7. The fraction of sp³-hybridized carbons (Fsp3) is 0.333.